The maximum absolute atomic E-state index is 10.5. The topological polar surface area (TPSA) is 159 Å². The first kappa shape index (κ1) is 22.8. The Morgan fingerprint density at radius 2 is 1.54 bits per heavy atom. The van der Waals surface area contributed by atoms with Crippen LogP contribution in [0.3, 0.4) is 0 Å². The van der Waals surface area contributed by atoms with Gasteiger partial charge in [0.25, 0.3) is 11.4 Å². The average molecular weight is 387 g/mol. The van der Waals surface area contributed by atoms with E-state index in [1.165, 1.54) is 43.6 Å². The van der Waals surface area contributed by atoms with Crippen LogP contribution in [0.4, 0.5) is 11.4 Å². The monoisotopic (exact) mass is 386 g/mol. The van der Waals surface area contributed by atoms with E-state index in [2.05, 4.69) is 14.7 Å². The average Bonchev–Trinajstić information content (AvgIpc) is 2.60. The number of aliphatic hydroxyl groups is 1. The van der Waals surface area contributed by atoms with Crippen molar-refractivity contribution in [3.05, 3.63) is 68.3 Å². The molecule has 0 aliphatic heterocycles. The first-order valence-electron chi connectivity index (χ1n) is 6.76. The Hall–Kier alpha value is -3.18. The van der Waals surface area contributed by atoms with E-state index in [1.54, 1.807) is 0 Å². The number of carbonyl (C=O) groups excluding carboxylic acids is 1. The number of halogens is 1. The van der Waals surface area contributed by atoms with Gasteiger partial charge < -0.3 is 9.84 Å². The Bertz CT molecular complexity index is 772. The Balaban J connectivity index is 0.000000475. The Morgan fingerprint density at radius 3 is 1.96 bits per heavy atom. The lowest BCUT2D eigenvalue weighted by Crippen LogP contribution is -2.01. The minimum atomic E-state index is -0.529. The van der Waals surface area contributed by atoms with Gasteiger partial charge in [-0.05, 0) is 0 Å². The van der Waals surface area contributed by atoms with Crippen LogP contribution in [-0.4, -0.2) is 30.9 Å². The van der Waals surface area contributed by atoms with Crippen LogP contribution in [0.1, 0.15) is 18.3 Å². The second-order valence-corrected chi connectivity index (χ2v) is 4.46. The molecule has 0 radical (unpaired) electrons. The summed E-state index contributed by atoms with van der Waals surface area (Å²) in [5.74, 6) is -0.446. The molecule has 0 saturated carbocycles. The van der Waals surface area contributed by atoms with Crippen LogP contribution in [0.5, 0.6) is 0 Å². The number of aromatic nitrogens is 2. The summed E-state index contributed by atoms with van der Waals surface area (Å²) in [6, 6.07) is 5.05. The number of rotatable bonds is 5. The van der Waals surface area contributed by atoms with Gasteiger partial charge in [0.1, 0.15) is 6.61 Å². The number of ether oxygens (including phenoxy) is 1. The predicted molar refractivity (Wildman–Crippen MR) is 90.4 cm³/mol. The molecular weight excluding hydrogens is 372 g/mol. The zero-order chi connectivity index (χ0) is 18.8. The first-order chi connectivity index (χ1) is 11.8. The summed E-state index contributed by atoms with van der Waals surface area (Å²) in [7, 11) is 0. The fourth-order valence-corrected chi connectivity index (χ4v) is 1.50. The molecule has 12 heteroatoms. The summed E-state index contributed by atoms with van der Waals surface area (Å²) in [5, 5.41) is 29.1. The van der Waals surface area contributed by atoms with Crippen LogP contribution in [0.2, 0.25) is 0 Å². The van der Waals surface area contributed by atoms with Gasteiger partial charge in [-0.2, -0.15) is 0 Å². The van der Waals surface area contributed by atoms with Gasteiger partial charge in [-0.25, -0.2) is 0 Å². The lowest BCUT2D eigenvalue weighted by atomic mass is 10.3. The van der Waals surface area contributed by atoms with Gasteiger partial charge in [0.05, 0.1) is 27.8 Å². The second-order valence-electron chi connectivity index (χ2n) is 4.46. The van der Waals surface area contributed by atoms with Gasteiger partial charge in [-0.3, -0.25) is 35.0 Å². The van der Waals surface area contributed by atoms with Crippen molar-refractivity contribution in [1.82, 2.24) is 9.97 Å². The van der Waals surface area contributed by atoms with Crippen LogP contribution in [0, 0.1) is 20.2 Å². The molecule has 140 valence electrons. The number of nitro groups is 2. The zero-order valence-corrected chi connectivity index (χ0v) is 14.3. The van der Waals surface area contributed by atoms with E-state index >= 15 is 0 Å². The summed E-state index contributed by atoms with van der Waals surface area (Å²) in [6.07, 6.45) is 2.60. The fourth-order valence-electron chi connectivity index (χ4n) is 1.50. The molecule has 0 aliphatic rings. The highest BCUT2D eigenvalue weighted by atomic mass is 35.5. The lowest BCUT2D eigenvalue weighted by molar-refractivity contribution is -0.385. The summed E-state index contributed by atoms with van der Waals surface area (Å²) in [5.41, 5.74) is 0.541. The van der Waals surface area contributed by atoms with Crippen molar-refractivity contribution in [1.29, 1.82) is 0 Å². The van der Waals surface area contributed by atoms with Crippen LogP contribution in [0.15, 0.2) is 36.7 Å². The van der Waals surface area contributed by atoms with Crippen molar-refractivity contribution in [3.8, 4) is 0 Å². The molecule has 0 bridgehead atoms. The molecule has 0 aromatic carbocycles. The van der Waals surface area contributed by atoms with Gasteiger partial charge in [-0.1, -0.05) is 0 Å². The fraction of sp³-hybridized carbons (Fsp3) is 0.214. The van der Waals surface area contributed by atoms with Crippen molar-refractivity contribution in [2.75, 3.05) is 0 Å². The van der Waals surface area contributed by atoms with E-state index in [9.17, 15) is 25.0 Å². The molecule has 0 spiro atoms. The number of hydrogen-bond donors (Lipinski definition) is 1. The quantitative estimate of drug-likeness (QED) is 0.460. The van der Waals surface area contributed by atoms with E-state index in [4.69, 9.17) is 5.11 Å². The number of pyridine rings is 2. The molecule has 1 N–H and O–H groups in total. The third-order valence-corrected chi connectivity index (χ3v) is 2.61. The molecule has 0 atom stereocenters. The van der Waals surface area contributed by atoms with Gasteiger partial charge in [0.15, 0.2) is 0 Å². The van der Waals surface area contributed by atoms with Crippen molar-refractivity contribution in [2.24, 2.45) is 0 Å². The summed E-state index contributed by atoms with van der Waals surface area (Å²) < 4.78 is 4.64. The van der Waals surface area contributed by atoms with Crippen molar-refractivity contribution in [2.45, 2.75) is 20.1 Å². The van der Waals surface area contributed by atoms with E-state index in [0.717, 1.165) is 0 Å². The Kier molecular flexibility index (Phi) is 9.99. The van der Waals surface area contributed by atoms with E-state index in [-0.39, 0.29) is 37.0 Å². The number of hydrogen-bond acceptors (Lipinski definition) is 9. The normalized spacial score (nSPS) is 9.15. The molecule has 0 unspecified atom stereocenters. The molecule has 0 fully saturated rings. The van der Waals surface area contributed by atoms with Crippen molar-refractivity contribution in [3.63, 3.8) is 0 Å². The predicted octanol–water partition coefficient (Wildman–Crippen LogP) is 1.96. The minimum Gasteiger partial charge on any atom is -0.459 e. The molecule has 2 heterocycles. The second kappa shape index (κ2) is 11.4. The third-order valence-electron chi connectivity index (χ3n) is 2.61. The summed E-state index contributed by atoms with van der Waals surface area (Å²) >= 11 is 0. The molecular formula is C14H15ClN4O7. The molecule has 0 aliphatic carbocycles. The summed E-state index contributed by atoms with van der Waals surface area (Å²) in [6.45, 7) is 0.941. The molecule has 11 nitrogen and oxygen atoms in total. The first-order valence-corrected chi connectivity index (χ1v) is 6.76. The standard InChI is InChI=1S/C8H8N2O4.C6H6N2O3.ClH/c1-6(11)14-5-7-4-8(10(12)13)2-3-9-7;9-4-5-3-6(8(10)11)1-2-7-5;/h2-4H,5H2,1H3;1-3,9H,4H2;1H. The number of carbonyl (C=O) groups is 1. The van der Waals surface area contributed by atoms with E-state index in [1.807, 2.05) is 0 Å². The maximum atomic E-state index is 10.5. The largest absolute Gasteiger partial charge is 0.459 e. The van der Waals surface area contributed by atoms with Crippen LogP contribution in [0.25, 0.3) is 0 Å². The minimum absolute atomic E-state index is 0. The zero-order valence-electron chi connectivity index (χ0n) is 13.5. The van der Waals surface area contributed by atoms with Crippen LogP contribution in [-0.2, 0) is 22.7 Å². The molecule has 0 amide bonds. The highest BCUT2D eigenvalue weighted by molar-refractivity contribution is 5.85. The number of nitrogens with zero attached hydrogens (tertiary/aromatic N) is 4. The molecule has 2 aromatic rings. The van der Waals surface area contributed by atoms with Crippen molar-refractivity contribution >= 4 is 29.8 Å². The summed E-state index contributed by atoms with van der Waals surface area (Å²) in [4.78, 5) is 37.4. The molecule has 26 heavy (non-hydrogen) atoms. The van der Waals surface area contributed by atoms with Gasteiger partial charge in [0, 0.05) is 43.6 Å². The third kappa shape index (κ3) is 8.08. The number of aliphatic hydroxyl groups excluding tert-OH is 1. The highest BCUT2D eigenvalue weighted by Crippen LogP contribution is 2.11. The lowest BCUT2D eigenvalue weighted by Gasteiger charge is -2.00. The molecule has 0 saturated heterocycles. The molecule has 2 rings (SSSR count). The maximum Gasteiger partial charge on any atom is 0.303 e. The molecule has 2 aromatic heterocycles. The SMILES string of the molecule is CC(=O)OCc1cc([N+](=O)[O-])ccn1.Cl.O=[N+]([O-])c1ccnc(CO)c1. The van der Waals surface area contributed by atoms with E-state index < -0.39 is 15.8 Å². The van der Waals surface area contributed by atoms with E-state index in [0.29, 0.717) is 11.4 Å². The Labute approximate surface area is 153 Å². The Morgan fingerprint density at radius 1 is 1.08 bits per heavy atom. The van der Waals surface area contributed by atoms with Crippen LogP contribution < -0.4 is 0 Å². The number of esters is 1. The smallest absolute Gasteiger partial charge is 0.303 e. The van der Waals surface area contributed by atoms with Gasteiger partial charge in [-0.15, -0.1) is 12.4 Å². The van der Waals surface area contributed by atoms with Crippen molar-refractivity contribution < 1.29 is 24.5 Å². The van der Waals surface area contributed by atoms with Crippen LogP contribution >= 0.6 is 12.4 Å². The van der Waals surface area contributed by atoms with Gasteiger partial charge >= 0.3 is 5.97 Å². The highest BCUT2D eigenvalue weighted by Gasteiger charge is 2.07. The van der Waals surface area contributed by atoms with Gasteiger partial charge in [0.2, 0.25) is 0 Å².